The number of pyridine rings is 1. The van der Waals surface area contributed by atoms with Crippen LogP contribution in [0.5, 0.6) is 0 Å². The first kappa shape index (κ1) is 20.0. The standard InChI is InChI=1S/C21H32N2O4Si/c1-20(2,3)28(6,7)24-13-15-18-19(27-21(4,5)26-18)17(25-15)14-9-8-10-16-22-11-12-23(14)16/h8-12,15,17-19H,13H2,1-7H3/t15-,17+,18?,19?/m1/s1. The van der Waals surface area contributed by atoms with Gasteiger partial charge in [-0.3, -0.25) is 0 Å². The van der Waals surface area contributed by atoms with Gasteiger partial charge in [0.2, 0.25) is 0 Å². The molecule has 2 aromatic rings. The van der Waals surface area contributed by atoms with Crippen molar-refractivity contribution in [3.63, 3.8) is 0 Å². The van der Waals surface area contributed by atoms with Crippen LogP contribution in [0.3, 0.4) is 0 Å². The topological polar surface area (TPSA) is 54.2 Å². The highest BCUT2D eigenvalue weighted by Crippen LogP contribution is 2.46. The normalized spacial score (nSPS) is 30.1. The molecule has 2 aliphatic rings. The maximum Gasteiger partial charge on any atom is 0.192 e. The largest absolute Gasteiger partial charge is 0.414 e. The van der Waals surface area contributed by atoms with Gasteiger partial charge in [-0.05, 0) is 44.1 Å². The van der Waals surface area contributed by atoms with E-state index < -0.39 is 14.1 Å². The first-order chi connectivity index (χ1) is 13.0. The van der Waals surface area contributed by atoms with Gasteiger partial charge >= 0.3 is 0 Å². The van der Waals surface area contributed by atoms with Gasteiger partial charge in [0.05, 0.1) is 12.3 Å². The summed E-state index contributed by atoms with van der Waals surface area (Å²) >= 11 is 0. The van der Waals surface area contributed by atoms with Gasteiger partial charge in [-0.15, -0.1) is 0 Å². The van der Waals surface area contributed by atoms with Crippen molar-refractivity contribution >= 4 is 14.0 Å². The average molecular weight is 405 g/mol. The van der Waals surface area contributed by atoms with Crippen molar-refractivity contribution in [3.05, 3.63) is 36.3 Å². The maximum absolute atomic E-state index is 6.49. The molecule has 0 saturated carbocycles. The van der Waals surface area contributed by atoms with E-state index in [4.69, 9.17) is 18.6 Å². The van der Waals surface area contributed by atoms with E-state index >= 15 is 0 Å². The van der Waals surface area contributed by atoms with Crippen LogP contribution in [0.4, 0.5) is 0 Å². The average Bonchev–Trinajstić information content (AvgIpc) is 3.24. The molecule has 0 amide bonds. The van der Waals surface area contributed by atoms with Crippen LogP contribution >= 0.6 is 0 Å². The molecule has 4 atom stereocenters. The van der Waals surface area contributed by atoms with Crippen molar-refractivity contribution < 1.29 is 18.6 Å². The first-order valence-corrected chi connectivity index (χ1v) is 13.0. The summed E-state index contributed by atoms with van der Waals surface area (Å²) in [6.07, 6.45) is 3.06. The van der Waals surface area contributed by atoms with Crippen LogP contribution in [0.2, 0.25) is 18.1 Å². The number of ether oxygens (including phenoxy) is 3. The SMILES string of the molecule is CC1(C)OC2C(O1)[C@H](c1cccc3nccn13)O[C@@H]2CO[Si](C)(C)C(C)(C)C. The van der Waals surface area contributed by atoms with E-state index in [1.807, 2.05) is 32.2 Å². The Morgan fingerprint density at radius 3 is 2.61 bits per heavy atom. The van der Waals surface area contributed by atoms with E-state index in [1.165, 1.54) is 0 Å². The summed E-state index contributed by atoms with van der Waals surface area (Å²) in [5, 5.41) is 0.152. The van der Waals surface area contributed by atoms with Gasteiger partial charge in [0.25, 0.3) is 0 Å². The second-order valence-corrected chi connectivity index (χ2v) is 14.6. The lowest BCUT2D eigenvalue weighted by atomic mass is 10.1. The molecule has 0 N–H and O–H groups in total. The fraction of sp³-hybridized carbons (Fsp3) is 0.667. The zero-order valence-electron chi connectivity index (χ0n) is 17.9. The first-order valence-electron chi connectivity index (χ1n) is 10.1. The number of aromatic nitrogens is 2. The highest BCUT2D eigenvalue weighted by atomic mass is 28.4. The molecule has 6 nitrogen and oxygen atoms in total. The van der Waals surface area contributed by atoms with Crippen LogP contribution < -0.4 is 0 Å². The lowest BCUT2D eigenvalue weighted by molar-refractivity contribution is -0.191. The van der Waals surface area contributed by atoms with Crippen molar-refractivity contribution in [2.45, 2.75) is 83.0 Å². The number of rotatable bonds is 4. The van der Waals surface area contributed by atoms with Gasteiger partial charge in [-0.1, -0.05) is 26.8 Å². The zero-order valence-corrected chi connectivity index (χ0v) is 18.9. The predicted octanol–water partition coefficient (Wildman–Crippen LogP) is 4.32. The zero-order chi connectivity index (χ0) is 20.3. The Hall–Kier alpha value is -1.25. The van der Waals surface area contributed by atoms with E-state index in [0.717, 1.165) is 11.3 Å². The quantitative estimate of drug-likeness (QED) is 0.711. The van der Waals surface area contributed by atoms with Gasteiger partial charge in [0, 0.05) is 12.4 Å². The lowest BCUT2D eigenvalue weighted by Crippen LogP contribution is -2.44. The number of fused-ring (bicyclic) bond motifs is 2. The van der Waals surface area contributed by atoms with Gasteiger partial charge in [-0.2, -0.15) is 0 Å². The molecule has 2 saturated heterocycles. The Balaban J connectivity index is 1.61. The predicted molar refractivity (Wildman–Crippen MR) is 110 cm³/mol. The van der Waals surface area contributed by atoms with Crippen molar-refractivity contribution in [1.82, 2.24) is 9.38 Å². The maximum atomic E-state index is 6.49. The van der Waals surface area contributed by atoms with Crippen molar-refractivity contribution in [1.29, 1.82) is 0 Å². The van der Waals surface area contributed by atoms with E-state index in [1.54, 1.807) is 6.20 Å². The molecule has 4 rings (SSSR count). The summed E-state index contributed by atoms with van der Waals surface area (Å²) in [5.41, 5.74) is 1.93. The molecule has 28 heavy (non-hydrogen) atoms. The minimum Gasteiger partial charge on any atom is -0.414 e. The van der Waals surface area contributed by atoms with Crippen LogP contribution in [0, 0.1) is 0 Å². The van der Waals surface area contributed by atoms with Crippen LogP contribution in [-0.4, -0.2) is 48.4 Å². The number of nitrogens with zero attached hydrogens (tertiary/aromatic N) is 2. The Labute approximate surface area is 168 Å². The lowest BCUT2D eigenvalue weighted by Gasteiger charge is -2.37. The molecular weight excluding hydrogens is 372 g/mol. The van der Waals surface area contributed by atoms with Crippen LogP contribution in [-0.2, 0) is 18.6 Å². The molecule has 2 unspecified atom stereocenters. The highest BCUT2D eigenvalue weighted by molar-refractivity contribution is 6.74. The summed E-state index contributed by atoms with van der Waals surface area (Å²) in [5.74, 6) is -0.630. The number of hydrogen-bond donors (Lipinski definition) is 0. The third-order valence-electron chi connectivity index (χ3n) is 6.32. The van der Waals surface area contributed by atoms with Crippen molar-refractivity contribution in [2.75, 3.05) is 6.61 Å². The molecule has 154 valence electrons. The third-order valence-corrected chi connectivity index (χ3v) is 10.8. The fourth-order valence-electron chi connectivity index (χ4n) is 3.76. The number of hydrogen-bond acceptors (Lipinski definition) is 5. The Kier molecular flexibility index (Phi) is 4.75. The highest BCUT2D eigenvalue weighted by Gasteiger charge is 2.56. The second-order valence-electron chi connectivity index (χ2n) is 9.84. The molecule has 0 bridgehead atoms. The Morgan fingerprint density at radius 2 is 1.89 bits per heavy atom. The summed E-state index contributed by atoms with van der Waals surface area (Å²) in [7, 11) is -1.88. The summed E-state index contributed by atoms with van der Waals surface area (Å²) in [4.78, 5) is 4.40. The van der Waals surface area contributed by atoms with E-state index in [9.17, 15) is 0 Å². The molecule has 2 fully saturated rings. The fourth-order valence-corrected chi connectivity index (χ4v) is 4.78. The Bertz CT molecular complexity index is 857. The number of imidazole rings is 1. The van der Waals surface area contributed by atoms with Gasteiger partial charge < -0.3 is 23.0 Å². The monoisotopic (exact) mass is 404 g/mol. The van der Waals surface area contributed by atoms with Gasteiger partial charge in [0.15, 0.2) is 14.1 Å². The molecule has 2 aromatic heterocycles. The van der Waals surface area contributed by atoms with Gasteiger partial charge in [-0.25, -0.2) is 4.98 Å². The van der Waals surface area contributed by atoms with Crippen molar-refractivity contribution in [3.8, 4) is 0 Å². The van der Waals surface area contributed by atoms with E-state index in [2.05, 4.69) is 49.3 Å². The van der Waals surface area contributed by atoms with Crippen LogP contribution in [0.1, 0.15) is 46.4 Å². The second kappa shape index (κ2) is 6.64. The smallest absolute Gasteiger partial charge is 0.192 e. The van der Waals surface area contributed by atoms with E-state index in [-0.39, 0.29) is 29.5 Å². The van der Waals surface area contributed by atoms with Crippen molar-refractivity contribution in [2.24, 2.45) is 0 Å². The summed E-state index contributed by atoms with van der Waals surface area (Å²) in [6, 6.07) is 6.07. The molecule has 4 heterocycles. The minimum atomic E-state index is -1.88. The molecule has 0 aromatic carbocycles. The Morgan fingerprint density at radius 1 is 1.18 bits per heavy atom. The van der Waals surface area contributed by atoms with Crippen LogP contribution in [0.25, 0.3) is 5.65 Å². The molecule has 0 aliphatic carbocycles. The minimum absolute atomic E-state index is 0.149. The molecule has 0 spiro atoms. The molecular formula is C21H32N2O4Si. The summed E-state index contributed by atoms with van der Waals surface area (Å²) < 4.78 is 27.5. The van der Waals surface area contributed by atoms with E-state index in [0.29, 0.717) is 6.61 Å². The van der Waals surface area contributed by atoms with Crippen LogP contribution in [0.15, 0.2) is 30.6 Å². The molecule has 7 heteroatoms. The molecule has 0 radical (unpaired) electrons. The third kappa shape index (κ3) is 3.43. The van der Waals surface area contributed by atoms with Gasteiger partial charge in [0.1, 0.15) is 30.1 Å². The summed E-state index contributed by atoms with van der Waals surface area (Å²) in [6.45, 7) is 15.7. The molecule has 2 aliphatic heterocycles.